The molecular formula is C21H29N5OS. The minimum absolute atomic E-state index is 0.0737. The molecule has 2 fully saturated rings. The molecule has 1 atom stereocenters. The fraction of sp³-hybridized carbons (Fsp3) is 0.571. The maximum absolute atomic E-state index is 12.3. The molecule has 1 aromatic heterocycles. The minimum Gasteiger partial charge on any atom is -0.353 e. The third kappa shape index (κ3) is 4.94. The average molecular weight is 400 g/mol. The van der Waals surface area contributed by atoms with E-state index in [0.717, 1.165) is 36.3 Å². The van der Waals surface area contributed by atoms with E-state index in [1.54, 1.807) is 0 Å². The van der Waals surface area contributed by atoms with Crippen LogP contribution in [-0.4, -0.2) is 50.5 Å². The lowest BCUT2D eigenvalue weighted by Gasteiger charge is -2.26. The molecule has 2 heterocycles. The van der Waals surface area contributed by atoms with Crippen LogP contribution in [0.3, 0.4) is 0 Å². The number of nitrogens with one attached hydrogen (secondary N) is 1. The average Bonchev–Trinajstić information content (AvgIpc) is 3.50. The second-order valence-electron chi connectivity index (χ2n) is 7.89. The SMILES string of the molecule is CC(NC(=O)CSc1nnc(CN2CCCCC2)n1-c1ccccc1)C1CC1. The number of likely N-dealkylation sites (tertiary alicyclic amines) is 1. The van der Waals surface area contributed by atoms with E-state index in [-0.39, 0.29) is 11.9 Å². The summed E-state index contributed by atoms with van der Waals surface area (Å²) in [5, 5.41) is 12.8. The third-order valence-corrected chi connectivity index (χ3v) is 6.51. The topological polar surface area (TPSA) is 63.1 Å². The van der Waals surface area contributed by atoms with Gasteiger partial charge in [0.15, 0.2) is 11.0 Å². The number of amides is 1. The zero-order valence-electron chi connectivity index (χ0n) is 16.5. The van der Waals surface area contributed by atoms with Gasteiger partial charge in [0.05, 0.1) is 12.3 Å². The van der Waals surface area contributed by atoms with Crippen LogP contribution in [0.15, 0.2) is 35.5 Å². The first-order valence-corrected chi connectivity index (χ1v) is 11.3. The number of thioether (sulfide) groups is 1. The van der Waals surface area contributed by atoms with Gasteiger partial charge in [-0.15, -0.1) is 10.2 Å². The quantitative estimate of drug-likeness (QED) is 0.691. The highest BCUT2D eigenvalue weighted by atomic mass is 32.2. The van der Waals surface area contributed by atoms with E-state index in [1.807, 2.05) is 18.2 Å². The Labute approximate surface area is 171 Å². The van der Waals surface area contributed by atoms with Crippen LogP contribution in [0, 0.1) is 5.92 Å². The fourth-order valence-electron chi connectivity index (χ4n) is 3.79. The summed E-state index contributed by atoms with van der Waals surface area (Å²) in [4.78, 5) is 14.8. The Hall–Kier alpha value is -1.86. The fourth-order valence-corrected chi connectivity index (χ4v) is 4.57. The largest absolute Gasteiger partial charge is 0.353 e. The molecule has 4 rings (SSSR count). The number of nitrogens with zero attached hydrogens (tertiary/aromatic N) is 4. The molecule has 1 aromatic carbocycles. The molecule has 2 aromatic rings. The molecule has 0 radical (unpaired) electrons. The highest BCUT2D eigenvalue weighted by molar-refractivity contribution is 7.99. The summed E-state index contributed by atoms with van der Waals surface area (Å²) >= 11 is 1.47. The Balaban J connectivity index is 1.47. The van der Waals surface area contributed by atoms with Gasteiger partial charge in [-0.05, 0) is 63.7 Å². The number of para-hydroxylation sites is 1. The van der Waals surface area contributed by atoms with Crippen molar-refractivity contribution in [1.82, 2.24) is 25.0 Å². The molecule has 28 heavy (non-hydrogen) atoms. The summed E-state index contributed by atoms with van der Waals surface area (Å²) in [5.74, 6) is 2.05. The zero-order valence-corrected chi connectivity index (χ0v) is 17.3. The summed E-state index contributed by atoms with van der Waals surface area (Å²) in [5.41, 5.74) is 1.05. The van der Waals surface area contributed by atoms with Crippen LogP contribution in [0.25, 0.3) is 5.69 Å². The van der Waals surface area contributed by atoms with E-state index < -0.39 is 0 Å². The van der Waals surface area contributed by atoms with E-state index in [1.165, 1.54) is 43.9 Å². The van der Waals surface area contributed by atoms with Crippen molar-refractivity contribution in [3.63, 3.8) is 0 Å². The monoisotopic (exact) mass is 399 g/mol. The van der Waals surface area contributed by atoms with E-state index >= 15 is 0 Å². The number of carbonyl (C=O) groups is 1. The number of rotatable bonds is 8. The maximum atomic E-state index is 12.3. The van der Waals surface area contributed by atoms with Gasteiger partial charge in [-0.25, -0.2) is 0 Å². The molecular weight excluding hydrogens is 370 g/mol. The van der Waals surface area contributed by atoms with Crippen molar-refractivity contribution < 1.29 is 4.79 Å². The number of hydrogen-bond acceptors (Lipinski definition) is 5. The highest BCUT2D eigenvalue weighted by Crippen LogP contribution is 2.32. The Morgan fingerprint density at radius 1 is 1.18 bits per heavy atom. The molecule has 1 aliphatic carbocycles. The van der Waals surface area contributed by atoms with Crippen molar-refractivity contribution in [2.45, 2.75) is 56.8 Å². The minimum atomic E-state index is 0.0737. The lowest BCUT2D eigenvalue weighted by Crippen LogP contribution is -2.35. The summed E-state index contributed by atoms with van der Waals surface area (Å²) in [7, 11) is 0. The summed E-state index contributed by atoms with van der Waals surface area (Å²) in [6, 6.07) is 10.5. The van der Waals surface area contributed by atoms with Crippen molar-refractivity contribution >= 4 is 17.7 Å². The molecule has 7 heteroatoms. The van der Waals surface area contributed by atoms with Gasteiger partial charge in [0.1, 0.15) is 0 Å². The lowest BCUT2D eigenvalue weighted by atomic mass is 10.1. The van der Waals surface area contributed by atoms with Gasteiger partial charge in [-0.1, -0.05) is 36.4 Å². The van der Waals surface area contributed by atoms with Crippen molar-refractivity contribution in [3.8, 4) is 5.69 Å². The molecule has 1 unspecified atom stereocenters. The van der Waals surface area contributed by atoms with Crippen LogP contribution in [0.2, 0.25) is 0 Å². The molecule has 150 valence electrons. The van der Waals surface area contributed by atoms with Gasteiger partial charge in [0.2, 0.25) is 5.91 Å². The van der Waals surface area contributed by atoms with Crippen molar-refractivity contribution in [2.24, 2.45) is 5.92 Å². The van der Waals surface area contributed by atoms with Crippen molar-refractivity contribution in [3.05, 3.63) is 36.2 Å². The normalized spacial score (nSPS) is 18.8. The number of benzene rings is 1. The summed E-state index contributed by atoms with van der Waals surface area (Å²) in [6.45, 7) is 5.13. The van der Waals surface area contributed by atoms with Gasteiger partial charge in [0.25, 0.3) is 0 Å². The van der Waals surface area contributed by atoms with Gasteiger partial charge >= 0.3 is 0 Å². The van der Waals surface area contributed by atoms with Crippen LogP contribution >= 0.6 is 11.8 Å². The summed E-state index contributed by atoms with van der Waals surface area (Å²) < 4.78 is 2.11. The third-order valence-electron chi connectivity index (χ3n) is 5.58. The second kappa shape index (κ2) is 9.09. The number of aromatic nitrogens is 3. The van der Waals surface area contributed by atoms with Crippen LogP contribution < -0.4 is 5.32 Å². The number of piperidine rings is 1. The predicted octanol–water partition coefficient (Wildman–Crippen LogP) is 3.26. The predicted molar refractivity (Wildman–Crippen MR) is 112 cm³/mol. The zero-order chi connectivity index (χ0) is 19.3. The Morgan fingerprint density at radius 2 is 1.93 bits per heavy atom. The molecule has 6 nitrogen and oxygen atoms in total. The Kier molecular flexibility index (Phi) is 6.32. The van der Waals surface area contributed by atoms with Crippen LogP contribution in [0.1, 0.15) is 44.9 Å². The Bertz CT molecular complexity index is 783. The maximum Gasteiger partial charge on any atom is 0.230 e. The number of carbonyl (C=O) groups excluding carboxylic acids is 1. The van der Waals surface area contributed by atoms with Gasteiger partial charge in [0, 0.05) is 11.7 Å². The number of hydrogen-bond donors (Lipinski definition) is 1. The van der Waals surface area contributed by atoms with E-state index in [2.05, 4.69) is 44.0 Å². The Morgan fingerprint density at radius 3 is 2.64 bits per heavy atom. The van der Waals surface area contributed by atoms with Crippen LogP contribution in [0.5, 0.6) is 0 Å². The molecule has 1 amide bonds. The molecule has 1 saturated heterocycles. The first kappa shape index (κ1) is 19.5. The van der Waals surface area contributed by atoms with Crippen LogP contribution in [-0.2, 0) is 11.3 Å². The smallest absolute Gasteiger partial charge is 0.230 e. The van der Waals surface area contributed by atoms with E-state index in [0.29, 0.717) is 11.7 Å². The van der Waals surface area contributed by atoms with E-state index in [4.69, 9.17) is 0 Å². The summed E-state index contributed by atoms with van der Waals surface area (Å²) in [6.07, 6.45) is 6.28. The lowest BCUT2D eigenvalue weighted by molar-refractivity contribution is -0.119. The molecule has 1 aliphatic heterocycles. The van der Waals surface area contributed by atoms with E-state index in [9.17, 15) is 4.79 Å². The van der Waals surface area contributed by atoms with Crippen molar-refractivity contribution in [2.75, 3.05) is 18.8 Å². The standard InChI is InChI=1S/C21H29N5OS/c1-16(17-10-11-17)22-20(27)15-28-21-24-23-19(14-25-12-6-3-7-13-25)26(21)18-8-4-2-5-9-18/h2,4-5,8-9,16-17H,3,6-7,10-15H2,1H3,(H,22,27). The molecule has 1 saturated carbocycles. The van der Waals surface area contributed by atoms with Crippen LogP contribution in [0.4, 0.5) is 0 Å². The van der Waals surface area contributed by atoms with Crippen molar-refractivity contribution in [1.29, 1.82) is 0 Å². The first-order valence-electron chi connectivity index (χ1n) is 10.3. The first-order chi connectivity index (χ1) is 13.7. The molecule has 0 spiro atoms. The second-order valence-corrected chi connectivity index (χ2v) is 8.83. The highest BCUT2D eigenvalue weighted by Gasteiger charge is 2.29. The van der Waals surface area contributed by atoms with Gasteiger partial charge in [-0.2, -0.15) is 0 Å². The van der Waals surface area contributed by atoms with Gasteiger partial charge in [-0.3, -0.25) is 14.3 Å². The van der Waals surface area contributed by atoms with Gasteiger partial charge < -0.3 is 5.32 Å². The molecule has 0 bridgehead atoms. The molecule has 2 aliphatic rings. The molecule has 1 N–H and O–H groups in total.